The smallest absolute Gasteiger partial charge is 0.337 e. The van der Waals surface area contributed by atoms with Crippen molar-refractivity contribution in [1.29, 1.82) is 0 Å². The highest BCUT2D eigenvalue weighted by Crippen LogP contribution is 2.29. The third kappa shape index (κ3) is 4.49. The molecule has 0 radical (unpaired) electrons. The normalized spacial score (nSPS) is 16.9. The number of hydrogen-bond donors (Lipinski definition) is 1. The Bertz CT molecular complexity index is 585. The van der Waals surface area contributed by atoms with Gasteiger partial charge in [0, 0.05) is 12.3 Å². The summed E-state index contributed by atoms with van der Waals surface area (Å²) in [6.45, 7) is 4.68. The van der Waals surface area contributed by atoms with Crippen LogP contribution in [0.1, 0.15) is 55.5 Å². The van der Waals surface area contributed by atoms with E-state index in [1.807, 2.05) is 0 Å². The summed E-state index contributed by atoms with van der Waals surface area (Å²) in [5.74, 6) is 0.622. The molecule has 5 heteroatoms. The Balaban J connectivity index is 1.87. The summed E-state index contributed by atoms with van der Waals surface area (Å²) in [6.07, 6.45) is 4.58. The van der Waals surface area contributed by atoms with Crippen molar-refractivity contribution in [3.05, 3.63) is 29.3 Å². The first-order chi connectivity index (χ1) is 11.6. The number of carbonyl (C=O) groups is 2. The lowest BCUT2D eigenvalue weighted by Crippen LogP contribution is -2.37. The van der Waals surface area contributed by atoms with Crippen LogP contribution in [0, 0.1) is 5.92 Å². The molecule has 1 aromatic carbocycles. The number of methoxy groups -OCH3 is 1. The quantitative estimate of drug-likeness (QED) is 0.743. The minimum atomic E-state index is -0.351. The average Bonchev–Trinajstić information content (AvgIpc) is 3.01. The Morgan fingerprint density at radius 3 is 2.83 bits per heavy atom. The zero-order chi connectivity index (χ0) is 17.5. The topological polar surface area (TPSA) is 64.6 Å². The van der Waals surface area contributed by atoms with Crippen molar-refractivity contribution >= 4 is 11.9 Å². The summed E-state index contributed by atoms with van der Waals surface area (Å²) in [6, 6.07) is 5.29. The molecule has 24 heavy (non-hydrogen) atoms. The van der Waals surface area contributed by atoms with Crippen LogP contribution < -0.4 is 10.1 Å². The fourth-order valence-corrected chi connectivity index (χ4v) is 3.01. The summed E-state index contributed by atoms with van der Waals surface area (Å²) >= 11 is 0. The maximum Gasteiger partial charge on any atom is 0.337 e. The van der Waals surface area contributed by atoms with Crippen LogP contribution in [0.25, 0.3) is 0 Å². The molecule has 1 aliphatic rings. The van der Waals surface area contributed by atoms with Gasteiger partial charge in [-0.05, 0) is 36.6 Å². The lowest BCUT2D eigenvalue weighted by molar-refractivity contribution is -0.125. The van der Waals surface area contributed by atoms with Gasteiger partial charge in [-0.25, -0.2) is 4.79 Å². The van der Waals surface area contributed by atoms with Crippen molar-refractivity contribution in [3.63, 3.8) is 0 Å². The van der Waals surface area contributed by atoms with Crippen LogP contribution in [0.2, 0.25) is 0 Å². The Morgan fingerprint density at radius 2 is 2.17 bits per heavy atom. The molecule has 2 atom stereocenters. The van der Waals surface area contributed by atoms with E-state index in [0.717, 1.165) is 37.0 Å². The summed E-state index contributed by atoms with van der Waals surface area (Å²) in [5.41, 5.74) is 1.50. The second-order valence-corrected chi connectivity index (χ2v) is 6.25. The molecule has 0 saturated carbocycles. The zero-order valence-corrected chi connectivity index (χ0v) is 14.8. The number of unbranched alkanes of at least 4 members (excludes halogenated alkanes) is 1. The highest BCUT2D eigenvalue weighted by molar-refractivity contribution is 5.89. The molecule has 1 amide bonds. The molecule has 0 aromatic heterocycles. The number of rotatable bonds is 8. The minimum Gasteiger partial charge on any atom is -0.488 e. The van der Waals surface area contributed by atoms with Gasteiger partial charge in [-0.3, -0.25) is 4.79 Å². The van der Waals surface area contributed by atoms with E-state index in [9.17, 15) is 9.59 Å². The monoisotopic (exact) mass is 333 g/mol. The second-order valence-electron chi connectivity index (χ2n) is 6.25. The highest BCUT2D eigenvalue weighted by Gasteiger charge is 2.25. The Hall–Kier alpha value is -2.04. The SMILES string of the molecule is CCCC[C@H](CC)C(=O)NC[C@@H]1Cc2cc(C(=O)OC)ccc2O1. The molecule has 0 spiro atoms. The second kappa shape index (κ2) is 8.71. The van der Waals surface area contributed by atoms with Crippen LogP contribution in [-0.2, 0) is 16.0 Å². The van der Waals surface area contributed by atoms with E-state index < -0.39 is 0 Å². The van der Waals surface area contributed by atoms with Gasteiger partial charge in [-0.2, -0.15) is 0 Å². The molecule has 1 heterocycles. The van der Waals surface area contributed by atoms with Gasteiger partial charge in [0.05, 0.1) is 19.2 Å². The molecular formula is C19H27NO4. The molecule has 0 unspecified atom stereocenters. The van der Waals surface area contributed by atoms with Gasteiger partial charge in [-0.15, -0.1) is 0 Å². The molecule has 1 aromatic rings. The summed E-state index contributed by atoms with van der Waals surface area (Å²) in [5, 5.41) is 3.01. The molecule has 0 bridgehead atoms. The third-order valence-electron chi connectivity index (χ3n) is 4.50. The van der Waals surface area contributed by atoms with E-state index in [-0.39, 0.29) is 23.9 Å². The number of benzene rings is 1. The van der Waals surface area contributed by atoms with Gasteiger partial charge in [0.2, 0.25) is 5.91 Å². The van der Waals surface area contributed by atoms with E-state index in [0.29, 0.717) is 18.5 Å². The molecular weight excluding hydrogens is 306 g/mol. The first-order valence-corrected chi connectivity index (χ1v) is 8.74. The predicted octanol–water partition coefficient (Wildman–Crippen LogP) is 3.11. The van der Waals surface area contributed by atoms with Crippen molar-refractivity contribution in [2.24, 2.45) is 5.92 Å². The molecule has 1 N–H and O–H groups in total. The number of amides is 1. The Kier molecular flexibility index (Phi) is 6.64. The third-order valence-corrected chi connectivity index (χ3v) is 4.50. The summed E-state index contributed by atoms with van der Waals surface area (Å²) in [7, 11) is 1.37. The fraction of sp³-hybridized carbons (Fsp3) is 0.579. The largest absolute Gasteiger partial charge is 0.488 e. The maximum atomic E-state index is 12.3. The first kappa shape index (κ1) is 18.3. The predicted molar refractivity (Wildman–Crippen MR) is 92.2 cm³/mol. The van der Waals surface area contributed by atoms with E-state index in [4.69, 9.17) is 9.47 Å². The Labute approximate surface area is 143 Å². The summed E-state index contributed by atoms with van der Waals surface area (Å²) < 4.78 is 10.6. The van der Waals surface area contributed by atoms with E-state index in [1.165, 1.54) is 7.11 Å². The van der Waals surface area contributed by atoms with Gasteiger partial charge in [0.25, 0.3) is 0 Å². The van der Waals surface area contributed by atoms with Crippen molar-refractivity contribution in [3.8, 4) is 5.75 Å². The van der Waals surface area contributed by atoms with Crippen molar-refractivity contribution in [2.45, 2.75) is 52.1 Å². The van der Waals surface area contributed by atoms with Gasteiger partial charge in [-0.1, -0.05) is 26.7 Å². The standard InChI is InChI=1S/C19H27NO4/c1-4-6-7-13(5-2)18(21)20-12-16-11-15-10-14(19(22)23-3)8-9-17(15)24-16/h8-10,13,16H,4-7,11-12H2,1-3H3,(H,20,21)/t13-,16-/m0/s1. The highest BCUT2D eigenvalue weighted by atomic mass is 16.5. The van der Waals surface area contributed by atoms with Gasteiger partial charge in [0.15, 0.2) is 0 Å². The van der Waals surface area contributed by atoms with Crippen LogP contribution in [0.4, 0.5) is 0 Å². The van der Waals surface area contributed by atoms with Crippen molar-refractivity contribution < 1.29 is 19.1 Å². The van der Waals surface area contributed by atoms with E-state index in [2.05, 4.69) is 19.2 Å². The number of nitrogens with one attached hydrogen (secondary N) is 1. The molecule has 5 nitrogen and oxygen atoms in total. The van der Waals surface area contributed by atoms with Crippen LogP contribution >= 0.6 is 0 Å². The summed E-state index contributed by atoms with van der Waals surface area (Å²) in [4.78, 5) is 23.8. The molecule has 132 valence electrons. The number of ether oxygens (including phenoxy) is 2. The number of carbonyl (C=O) groups excluding carboxylic acids is 2. The van der Waals surface area contributed by atoms with Gasteiger partial charge in [0.1, 0.15) is 11.9 Å². The minimum absolute atomic E-state index is 0.0828. The molecule has 0 fully saturated rings. The van der Waals surface area contributed by atoms with E-state index in [1.54, 1.807) is 18.2 Å². The van der Waals surface area contributed by atoms with Crippen LogP contribution in [-0.4, -0.2) is 31.6 Å². The van der Waals surface area contributed by atoms with Crippen molar-refractivity contribution in [1.82, 2.24) is 5.32 Å². The van der Waals surface area contributed by atoms with Crippen LogP contribution in [0.3, 0.4) is 0 Å². The van der Waals surface area contributed by atoms with Crippen LogP contribution in [0.5, 0.6) is 5.75 Å². The maximum absolute atomic E-state index is 12.3. The Morgan fingerprint density at radius 1 is 1.38 bits per heavy atom. The number of esters is 1. The number of hydrogen-bond acceptors (Lipinski definition) is 4. The number of fused-ring (bicyclic) bond motifs is 1. The first-order valence-electron chi connectivity index (χ1n) is 8.74. The lowest BCUT2D eigenvalue weighted by Gasteiger charge is -2.17. The van der Waals surface area contributed by atoms with E-state index >= 15 is 0 Å². The van der Waals surface area contributed by atoms with Gasteiger partial charge < -0.3 is 14.8 Å². The lowest BCUT2D eigenvalue weighted by atomic mass is 9.98. The molecule has 2 rings (SSSR count). The van der Waals surface area contributed by atoms with Crippen LogP contribution in [0.15, 0.2) is 18.2 Å². The average molecular weight is 333 g/mol. The zero-order valence-electron chi connectivity index (χ0n) is 14.8. The molecule has 0 saturated heterocycles. The van der Waals surface area contributed by atoms with Gasteiger partial charge >= 0.3 is 5.97 Å². The van der Waals surface area contributed by atoms with Crippen molar-refractivity contribution in [2.75, 3.05) is 13.7 Å². The fourth-order valence-electron chi connectivity index (χ4n) is 3.01. The molecule has 0 aliphatic carbocycles. The molecule has 1 aliphatic heterocycles.